The number of halogens is 1. The third-order valence-electron chi connectivity index (χ3n) is 3.12. The molecule has 0 atom stereocenters. The predicted molar refractivity (Wildman–Crippen MR) is 86.8 cm³/mol. The highest BCUT2D eigenvalue weighted by molar-refractivity contribution is 8.93. The molecule has 0 unspecified atom stereocenters. The van der Waals surface area contributed by atoms with Crippen molar-refractivity contribution in [3.05, 3.63) is 23.8 Å². The van der Waals surface area contributed by atoms with Gasteiger partial charge in [0.15, 0.2) is 17.2 Å². The molecule has 2 heterocycles. The van der Waals surface area contributed by atoms with Crippen molar-refractivity contribution >= 4 is 28.9 Å². The molecule has 2 aliphatic heterocycles. The van der Waals surface area contributed by atoms with Crippen LogP contribution in [-0.4, -0.2) is 29.4 Å². The van der Waals surface area contributed by atoms with E-state index in [-0.39, 0.29) is 35.7 Å². The maximum atomic E-state index is 5.84. The first-order valence-corrected chi connectivity index (χ1v) is 6.47. The Hall–Kier alpha value is -2.00. The van der Waals surface area contributed by atoms with E-state index in [2.05, 4.69) is 9.98 Å². The van der Waals surface area contributed by atoms with Crippen molar-refractivity contribution in [2.75, 3.05) is 6.79 Å². The van der Waals surface area contributed by atoms with Crippen LogP contribution in [-0.2, 0) is 11.4 Å². The molecule has 0 aliphatic carbocycles. The van der Waals surface area contributed by atoms with Gasteiger partial charge in [0.05, 0.1) is 0 Å². The van der Waals surface area contributed by atoms with Crippen molar-refractivity contribution in [1.29, 1.82) is 0 Å². The van der Waals surface area contributed by atoms with Crippen molar-refractivity contribution in [3.63, 3.8) is 0 Å². The molecule has 3 rings (SSSR count). The number of hydrogen-bond donors (Lipinski definition) is 2. The Morgan fingerprint density at radius 2 is 2.00 bits per heavy atom. The summed E-state index contributed by atoms with van der Waals surface area (Å²) in [6.07, 6.45) is 0. The van der Waals surface area contributed by atoms with Gasteiger partial charge in [0, 0.05) is 0 Å². The number of aliphatic imine (C=N–C) groups is 2. The van der Waals surface area contributed by atoms with E-state index in [1.165, 1.54) is 5.06 Å². The third-order valence-corrected chi connectivity index (χ3v) is 3.12. The summed E-state index contributed by atoms with van der Waals surface area (Å²) < 4.78 is 10.6. The summed E-state index contributed by atoms with van der Waals surface area (Å²) in [5.74, 6) is 1.75. The van der Waals surface area contributed by atoms with E-state index in [4.69, 9.17) is 25.8 Å². The molecule has 9 heteroatoms. The van der Waals surface area contributed by atoms with Crippen LogP contribution in [0.5, 0.6) is 11.5 Å². The first-order chi connectivity index (χ1) is 9.95. The summed E-state index contributed by atoms with van der Waals surface area (Å²) in [5.41, 5.74) is 11.7. The van der Waals surface area contributed by atoms with Crippen molar-refractivity contribution < 1.29 is 14.3 Å². The molecule has 120 valence electrons. The van der Waals surface area contributed by atoms with E-state index >= 15 is 0 Å². The number of nitrogens with two attached hydrogens (primary N) is 2. The summed E-state index contributed by atoms with van der Waals surface area (Å²) in [6.45, 7) is 4.21. The maximum Gasteiger partial charge on any atom is 0.231 e. The van der Waals surface area contributed by atoms with Crippen LogP contribution < -0.4 is 20.9 Å². The Balaban J connectivity index is 0.00000176. The van der Waals surface area contributed by atoms with Crippen LogP contribution in [0.3, 0.4) is 0 Å². The maximum absolute atomic E-state index is 5.84. The normalized spacial score (nSPS) is 18.4. The minimum absolute atomic E-state index is 0. The van der Waals surface area contributed by atoms with Crippen molar-refractivity contribution in [2.45, 2.75) is 26.1 Å². The number of fused-ring (bicyclic) bond motifs is 1. The van der Waals surface area contributed by atoms with Gasteiger partial charge in [-0.2, -0.15) is 10.1 Å². The van der Waals surface area contributed by atoms with Crippen LogP contribution in [0, 0.1) is 0 Å². The molecule has 1 aromatic rings. The molecule has 0 amide bonds. The number of ether oxygens (including phenoxy) is 2. The van der Waals surface area contributed by atoms with Crippen LogP contribution in [0.25, 0.3) is 0 Å². The fraction of sp³-hybridized carbons (Fsp3) is 0.385. The zero-order valence-electron chi connectivity index (χ0n) is 12.3. The highest BCUT2D eigenvalue weighted by atomic mass is 79.9. The fourth-order valence-corrected chi connectivity index (χ4v) is 2.19. The number of guanidine groups is 2. The van der Waals surface area contributed by atoms with Gasteiger partial charge in [-0.05, 0) is 31.5 Å². The minimum Gasteiger partial charge on any atom is -0.454 e. The Morgan fingerprint density at radius 3 is 2.73 bits per heavy atom. The van der Waals surface area contributed by atoms with Crippen LogP contribution in [0.2, 0.25) is 0 Å². The standard InChI is InChI=1S/C13H17N5O3.BrH/c1-13(2)17-11(14)16-12(15)18(13)21-6-8-3-4-9-10(5-8)20-7-19-9;/h3-5H,6-7H2,1-2H3,(H4,14,15,16,17);1H. The van der Waals surface area contributed by atoms with Crippen molar-refractivity contribution in [3.8, 4) is 11.5 Å². The molecular formula is C13H18BrN5O3. The van der Waals surface area contributed by atoms with Gasteiger partial charge in [0.2, 0.25) is 18.7 Å². The van der Waals surface area contributed by atoms with Gasteiger partial charge in [0.25, 0.3) is 0 Å². The summed E-state index contributed by atoms with van der Waals surface area (Å²) >= 11 is 0. The van der Waals surface area contributed by atoms with E-state index in [1.54, 1.807) is 0 Å². The average molecular weight is 372 g/mol. The second kappa shape index (κ2) is 6.01. The smallest absolute Gasteiger partial charge is 0.231 e. The van der Waals surface area contributed by atoms with Crippen molar-refractivity contribution in [2.24, 2.45) is 21.5 Å². The largest absolute Gasteiger partial charge is 0.454 e. The van der Waals surface area contributed by atoms with Crippen molar-refractivity contribution in [1.82, 2.24) is 5.06 Å². The second-order valence-electron chi connectivity index (χ2n) is 5.19. The zero-order valence-corrected chi connectivity index (χ0v) is 14.0. The molecule has 0 bridgehead atoms. The van der Waals surface area contributed by atoms with E-state index < -0.39 is 5.66 Å². The Bertz CT molecular complexity index is 632. The van der Waals surface area contributed by atoms with Gasteiger partial charge in [0.1, 0.15) is 6.61 Å². The van der Waals surface area contributed by atoms with Gasteiger partial charge >= 0.3 is 0 Å². The van der Waals surface area contributed by atoms with Crippen LogP contribution >= 0.6 is 17.0 Å². The molecule has 1 aromatic carbocycles. The summed E-state index contributed by atoms with van der Waals surface area (Å²) in [5, 5.41) is 1.44. The highest BCUT2D eigenvalue weighted by Crippen LogP contribution is 2.33. The molecule has 0 saturated carbocycles. The number of nitrogens with zero attached hydrogens (tertiary/aromatic N) is 3. The predicted octanol–water partition coefficient (Wildman–Crippen LogP) is 1.11. The molecule has 0 aromatic heterocycles. The quantitative estimate of drug-likeness (QED) is 0.823. The fourth-order valence-electron chi connectivity index (χ4n) is 2.19. The van der Waals surface area contributed by atoms with Gasteiger partial charge in [-0.3, -0.25) is 4.84 Å². The summed E-state index contributed by atoms with van der Waals surface area (Å²) in [4.78, 5) is 13.8. The monoisotopic (exact) mass is 371 g/mol. The molecule has 22 heavy (non-hydrogen) atoms. The first kappa shape index (κ1) is 16.4. The second-order valence-corrected chi connectivity index (χ2v) is 5.19. The first-order valence-electron chi connectivity index (χ1n) is 6.47. The lowest BCUT2D eigenvalue weighted by molar-refractivity contribution is -0.166. The lowest BCUT2D eigenvalue weighted by Gasteiger charge is -2.36. The third kappa shape index (κ3) is 3.09. The molecular weight excluding hydrogens is 354 g/mol. The zero-order chi connectivity index (χ0) is 15.0. The van der Waals surface area contributed by atoms with Gasteiger partial charge in [-0.1, -0.05) is 6.07 Å². The Labute approximate surface area is 138 Å². The summed E-state index contributed by atoms with van der Waals surface area (Å²) in [6, 6.07) is 5.61. The van der Waals surface area contributed by atoms with Crippen LogP contribution in [0.1, 0.15) is 19.4 Å². The Morgan fingerprint density at radius 1 is 1.27 bits per heavy atom. The molecule has 0 radical (unpaired) electrons. The van der Waals surface area contributed by atoms with E-state index in [0.717, 1.165) is 11.3 Å². The number of hydrogen-bond acceptors (Lipinski definition) is 8. The van der Waals surface area contributed by atoms with Crippen LogP contribution in [0.4, 0.5) is 0 Å². The molecule has 0 fully saturated rings. The average Bonchev–Trinajstić information content (AvgIpc) is 2.83. The van der Waals surface area contributed by atoms with E-state index in [9.17, 15) is 0 Å². The minimum atomic E-state index is -0.716. The lowest BCUT2D eigenvalue weighted by Crippen LogP contribution is -2.53. The SMILES string of the molecule is Br.CC1(C)N=C(N)N=C(N)N1OCc1ccc2c(c1)OCO2. The topological polar surface area (TPSA) is 108 Å². The van der Waals surface area contributed by atoms with Crippen LogP contribution in [0.15, 0.2) is 28.2 Å². The molecule has 0 spiro atoms. The molecule has 4 N–H and O–H groups in total. The number of rotatable bonds is 3. The molecule has 0 saturated heterocycles. The molecule has 2 aliphatic rings. The highest BCUT2D eigenvalue weighted by Gasteiger charge is 2.33. The lowest BCUT2D eigenvalue weighted by atomic mass is 10.2. The van der Waals surface area contributed by atoms with Gasteiger partial charge in [-0.25, -0.2) is 4.99 Å². The van der Waals surface area contributed by atoms with E-state index in [0.29, 0.717) is 12.4 Å². The summed E-state index contributed by atoms with van der Waals surface area (Å²) in [7, 11) is 0. The van der Waals surface area contributed by atoms with Gasteiger partial charge in [-0.15, -0.1) is 17.0 Å². The molecule has 8 nitrogen and oxygen atoms in total. The van der Waals surface area contributed by atoms with Gasteiger partial charge < -0.3 is 20.9 Å². The number of hydroxylamine groups is 2. The Kier molecular flexibility index (Phi) is 4.47. The van der Waals surface area contributed by atoms with E-state index in [1.807, 2.05) is 32.0 Å². The number of benzene rings is 1.